The smallest absolute Gasteiger partial charge is 0.341 e. The Morgan fingerprint density at radius 1 is 1.26 bits per heavy atom. The van der Waals surface area contributed by atoms with Crippen LogP contribution in [0.25, 0.3) is 6.08 Å². The number of carbonyl (C=O) groups is 2. The van der Waals surface area contributed by atoms with Gasteiger partial charge in [0.2, 0.25) is 0 Å². The molecule has 1 aliphatic heterocycles. The molecule has 2 aromatic carbocycles. The van der Waals surface area contributed by atoms with Crippen molar-refractivity contribution in [3.63, 3.8) is 0 Å². The van der Waals surface area contributed by atoms with Crippen LogP contribution in [0.4, 0.5) is 5.69 Å². The molecule has 1 amide bonds. The number of benzene rings is 2. The number of anilines is 1. The summed E-state index contributed by atoms with van der Waals surface area (Å²) in [6.07, 6.45) is 1.77. The second-order valence-corrected chi connectivity index (χ2v) is 6.88. The highest BCUT2D eigenvalue weighted by molar-refractivity contribution is 9.10. The minimum atomic E-state index is -1.04. The quantitative estimate of drug-likeness (QED) is 0.729. The second kappa shape index (κ2) is 7.75. The lowest BCUT2D eigenvalue weighted by atomic mass is 10.0. The Morgan fingerprint density at radius 2 is 1.96 bits per heavy atom. The van der Waals surface area contributed by atoms with Crippen molar-refractivity contribution in [3.8, 4) is 5.75 Å². The van der Waals surface area contributed by atoms with Crippen molar-refractivity contribution >= 4 is 45.3 Å². The van der Waals surface area contributed by atoms with E-state index in [9.17, 15) is 9.59 Å². The maximum atomic E-state index is 12.8. The van der Waals surface area contributed by atoms with E-state index in [1.807, 2.05) is 43.3 Å². The molecule has 0 aliphatic carbocycles. The number of carboxylic acid groups (broad SMARTS) is 1. The van der Waals surface area contributed by atoms with Gasteiger partial charge in [-0.1, -0.05) is 18.2 Å². The summed E-state index contributed by atoms with van der Waals surface area (Å²) < 4.78 is 5.93. The number of hydrogen-bond donors (Lipinski definition) is 1. The number of aryl methyl sites for hydroxylation is 1. The minimum absolute atomic E-state index is 0.196. The standard InChI is InChI=1S/C20H17BrN2O4/c1-12-8-14(10-17(21)19(12)27-11-18(24)25)9-16-13(2)22-23(20(16)26)15-6-4-3-5-7-15/h3-10H,11H2,1-2H3,(H,24,25). The van der Waals surface area contributed by atoms with Gasteiger partial charge in [-0.2, -0.15) is 10.1 Å². The molecule has 0 spiro atoms. The highest BCUT2D eigenvalue weighted by Gasteiger charge is 2.28. The molecule has 1 N–H and O–H groups in total. The number of carboxylic acids is 1. The van der Waals surface area contributed by atoms with E-state index in [1.54, 1.807) is 19.1 Å². The molecule has 0 aromatic heterocycles. The fourth-order valence-corrected chi connectivity index (χ4v) is 3.44. The summed E-state index contributed by atoms with van der Waals surface area (Å²) >= 11 is 3.40. The van der Waals surface area contributed by atoms with Crippen molar-refractivity contribution in [2.45, 2.75) is 13.8 Å². The van der Waals surface area contributed by atoms with Crippen molar-refractivity contribution in [3.05, 3.63) is 63.6 Å². The summed E-state index contributed by atoms with van der Waals surface area (Å²) in [5.41, 5.74) is 3.39. The van der Waals surface area contributed by atoms with Gasteiger partial charge in [0.05, 0.1) is 21.4 Å². The average molecular weight is 429 g/mol. The molecule has 0 saturated heterocycles. The first-order valence-electron chi connectivity index (χ1n) is 8.18. The van der Waals surface area contributed by atoms with Crippen LogP contribution in [0.5, 0.6) is 5.75 Å². The maximum absolute atomic E-state index is 12.8. The Hall–Kier alpha value is -2.93. The fraction of sp³-hybridized carbons (Fsp3) is 0.150. The van der Waals surface area contributed by atoms with Gasteiger partial charge >= 0.3 is 5.97 Å². The van der Waals surface area contributed by atoms with Crippen LogP contribution >= 0.6 is 15.9 Å². The van der Waals surface area contributed by atoms with E-state index in [2.05, 4.69) is 21.0 Å². The minimum Gasteiger partial charge on any atom is -0.480 e. The lowest BCUT2D eigenvalue weighted by Crippen LogP contribution is -2.21. The largest absolute Gasteiger partial charge is 0.480 e. The van der Waals surface area contributed by atoms with Gasteiger partial charge < -0.3 is 9.84 Å². The molecule has 0 saturated carbocycles. The van der Waals surface area contributed by atoms with Crippen LogP contribution in [0.15, 0.2) is 57.6 Å². The predicted molar refractivity (Wildman–Crippen MR) is 107 cm³/mol. The molecule has 0 radical (unpaired) electrons. The van der Waals surface area contributed by atoms with Crippen molar-refractivity contribution in [2.75, 3.05) is 11.6 Å². The summed E-state index contributed by atoms with van der Waals surface area (Å²) in [5.74, 6) is -0.774. The maximum Gasteiger partial charge on any atom is 0.341 e. The highest BCUT2D eigenvalue weighted by atomic mass is 79.9. The van der Waals surface area contributed by atoms with E-state index >= 15 is 0 Å². The van der Waals surface area contributed by atoms with Crippen LogP contribution in [0.1, 0.15) is 18.1 Å². The zero-order valence-electron chi connectivity index (χ0n) is 14.8. The fourth-order valence-electron chi connectivity index (χ4n) is 2.75. The number of rotatable bonds is 5. The Kier molecular flexibility index (Phi) is 5.41. The Balaban J connectivity index is 1.90. The Morgan fingerprint density at radius 3 is 2.59 bits per heavy atom. The number of aliphatic carboxylic acids is 1. The molecule has 1 heterocycles. The molecule has 1 aliphatic rings. The highest BCUT2D eigenvalue weighted by Crippen LogP contribution is 2.32. The lowest BCUT2D eigenvalue weighted by Gasteiger charge is -2.12. The predicted octanol–water partition coefficient (Wildman–Crippen LogP) is 4.03. The van der Waals surface area contributed by atoms with E-state index in [0.29, 0.717) is 27.2 Å². The first-order valence-corrected chi connectivity index (χ1v) is 8.97. The summed E-state index contributed by atoms with van der Waals surface area (Å²) in [6, 6.07) is 12.9. The summed E-state index contributed by atoms with van der Waals surface area (Å²) in [5, 5.41) is 14.5. The van der Waals surface area contributed by atoms with E-state index in [4.69, 9.17) is 9.84 Å². The number of amides is 1. The number of para-hydroxylation sites is 1. The monoisotopic (exact) mass is 428 g/mol. The van der Waals surface area contributed by atoms with Crippen LogP contribution in [-0.2, 0) is 9.59 Å². The van der Waals surface area contributed by atoms with Crippen LogP contribution in [0, 0.1) is 6.92 Å². The van der Waals surface area contributed by atoms with Crippen molar-refractivity contribution in [1.82, 2.24) is 0 Å². The number of halogens is 1. The van der Waals surface area contributed by atoms with Gasteiger partial charge in [0.25, 0.3) is 5.91 Å². The molecule has 3 rings (SSSR count). The third kappa shape index (κ3) is 4.09. The van der Waals surface area contributed by atoms with Crippen molar-refractivity contribution < 1.29 is 19.4 Å². The molecular formula is C20H17BrN2O4. The van der Waals surface area contributed by atoms with Crippen LogP contribution in [0.2, 0.25) is 0 Å². The zero-order valence-corrected chi connectivity index (χ0v) is 16.4. The lowest BCUT2D eigenvalue weighted by molar-refractivity contribution is -0.139. The van der Waals surface area contributed by atoms with Crippen LogP contribution < -0.4 is 9.75 Å². The van der Waals surface area contributed by atoms with Crippen molar-refractivity contribution in [2.24, 2.45) is 5.10 Å². The van der Waals surface area contributed by atoms with Crippen molar-refractivity contribution in [1.29, 1.82) is 0 Å². The van der Waals surface area contributed by atoms with Gasteiger partial charge in [0.1, 0.15) is 5.75 Å². The van der Waals surface area contributed by atoms with E-state index in [0.717, 1.165) is 11.1 Å². The average Bonchev–Trinajstić information content (AvgIpc) is 2.90. The molecule has 0 unspecified atom stereocenters. The first-order chi connectivity index (χ1) is 12.9. The molecule has 27 heavy (non-hydrogen) atoms. The molecule has 7 heteroatoms. The zero-order chi connectivity index (χ0) is 19.6. The second-order valence-electron chi connectivity index (χ2n) is 6.03. The molecule has 0 fully saturated rings. The van der Waals surface area contributed by atoms with Gasteiger partial charge in [0, 0.05) is 0 Å². The molecule has 2 aromatic rings. The summed E-state index contributed by atoms with van der Waals surface area (Å²) in [7, 11) is 0. The van der Waals surface area contributed by atoms with E-state index in [1.165, 1.54) is 5.01 Å². The molecular weight excluding hydrogens is 412 g/mol. The first kappa shape index (κ1) is 18.8. The number of ether oxygens (including phenoxy) is 1. The normalized spacial score (nSPS) is 15.2. The molecule has 0 bridgehead atoms. The third-order valence-electron chi connectivity index (χ3n) is 3.97. The molecule has 138 valence electrons. The third-order valence-corrected chi connectivity index (χ3v) is 4.55. The van der Waals surface area contributed by atoms with Gasteiger partial charge in [-0.3, -0.25) is 4.79 Å². The number of hydrazone groups is 1. The number of hydrogen-bond acceptors (Lipinski definition) is 4. The van der Waals surface area contributed by atoms with Gasteiger partial charge in [-0.05, 0) is 71.2 Å². The van der Waals surface area contributed by atoms with E-state index in [-0.39, 0.29) is 5.91 Å². The summed E-state index contributed by atoms with van der Waals surface area (Å²) in [6.45, 7) is 3.19. The van der Waals surface area contributed by atoms with Gasteiger partial charge in [0.15, 0.2) is 6.61 Å². The molecule has 0 atom stereocenters. The summed E-state index contributed by atoms with van der Waals surface area (Å²) in [4.78, 5) is 23.5. The number of carbonyl (C=O) groups excluding carboxylic acids is 1. The van der Waals surface area contributed by atoms with Crippen LogP contribution in [-0.4, -0.2) is 29.3 Å². The Bertz CT molecular complexity index is 944. The molecule has 6 nitrogen and oxygen atoms in total. The van der Waals surface area contributed by atoms with Crippen LogP contribution in [0.3, 0.4) is 0 Å². The SMILES string of the molecule is CC1=NN(c2ccccc2)C(=O)C1=Cc1cc(C)c(OCC(=O)O)c(Br)c1. The Labute approximate surface area is 164 Å². The van der Waals surface area contributed by atoms with Gasteiger partial charge in [-0.25, -0.2) is 4.79 Å². The number of nitrogens with zero attached hydrogens (tertiary/aromatic N) is 2. The van der Waals surface area contributed by atoms with Gasteiger partial charge in [-0.15, -0.1) is 0 Å². The van der Waals surface area contributed by atoms with E-state index < -0.39 is 12.6 Å². The topological polar surface area (TPSA) is 79.2 Å².